The van der Waals surface area contributed by atoms with Crippen LogP contribution in [0.25, 0.3) is 6.08 Å². The molecule has 0 heterocycles. The molecule has 23 heavy (non-hydrogen) atoms. The number of rotatable bonds is 5. The van der Waals surface area contributed by atoms with Gasteiger partial charge in [-0.05, 0) is 27.1 Å². The lowest BCUT2D eigenvalue weighted by atomic mass is 10.2. The maximum absolute atomic E-state index is 3.82. The first-order chi connectivity index (χ1) is 11.3. The summed E-state index contributed by atoms with van der Waals surface area (Å²) in [7, 11) is 2.27. The topological polar surface area (TPSA) is 3.24 Å². The highest BCUT2D eigenvalue weighted by molar-refractivity contribution is 7.79. The molecule has 0 saturated heterocycles. The highest BCUT2D eigenvalue weighted by Crippen LogP contribution is 2.44. The van der Waals surface area contributed by atoms with E-state index in [1.165, 1.54) is 16.3 Å². The van der Waals surface area contributed by atoms with Crippen LogP contribution in [0.15, 0.2) is 91.5 Å². The van der Waals surface area contributed by atoms with Crippen LogP contribution in [0.3, 0.4) is 0 Å². The van der Waals surface area contributed by atoms with Gasteiger partial charge in [0.25, 0.3) is 0 Å². The Balaban J connectivity index is 2.02. The summed E-state index contributed by atoms with van der Waals surface area (Å²) in [4.78, 5) is 0. The molecule has 0 aliphatic rings. The molecule has 3 aromatic carbocycles. The number of anilines is 1. The van der Waals surface area contributed by atoms with Crippen LogP contribution < -0.4 is 15.1 Å². The van der Waals surface area contributed by atoms with Crippen molar-refractivity contribution in [3.63, 3.8) is 0 Å². The summed E-state index contributed by atoms with van der Waals surface area (Å²) in [5.74, 6) is 0. The number of hydrogen-bond acceptors (Lipinski definition) is 1. The fourth-order valence-corrected chi connectivity index (χ4v) is 5.46. The summed E-state index contributed by atoms with van der Waals surface area (Å²) in [5.41, 5.74) is 2.32. The zero-order valence-corrected chi connectivity index (χ0v) is 14.9. The van der Waals surface area contributed by atoms with Crippen LogP contribution in [0.1, 0.15) is 5.56 Å². The molecule has 0 aliphatic carbocycles. The Morgan fingerprint density at radius 1 is 0.739 bits per heavy atom. The van der Waals surface area contributed by atoms with E-state index in [4.69, 9.17) is 0 Å². The van der Waals surface area contributed by atoms with Gasteiger partial charge in [-0.2, -0.15) is 0 Å². The maximum atomic E-state index is 3.82. The van der Waals surface area contributed by atoms with Crippen molar-refractivity contribution < 1.29 is 0 Å². The van der Waals surface area contributed by atoms with Gasteiger partial charge in [0.05, 0.1) is 8.07 Å². The van der Waals surface area contributed by atoms with Crippen LogP contribution in [0.2, 0.25) is 0 Å². The Labute approximate surface area is 141 Å². The summed E-state index contributed by atoms with van der Waals surface area (Å²) in [6.45, 7) is 3.82. The van der Waals surface area contributed by atoms with E-state index >= 15 is 0 Å². The molecule has 0 N–H and O–H groups in total. The molecule has 0 aromatic heterocycles. The lowest BCUT2D eigenvalue weighted by molar-refractivity contribution is 1.57. The van der Waals surface area contributed by atoms with E-state index in [1.807, 2.05) is 6.08 Å². The van der Waals surface area contributed by atoms with Crippen LogP contribution in [-0.4, -0.2) is 0 Å². The lowest BCUT2D eigenvalue weighted by Crippen LogP contribution is -2.21. The van der Waals surface area contributed by atoms with Crippen molar-refractivity contribution in [3.05, 3.63) is 97.1 Å². The van der Waals surface area contributed by atoms with E-state index in [-0.39, 0.29) is 0 Å². The molecule has 0 saturated carbocycles. The van der Waals surface area contributed by atoms with Gasteiger partial charge in [0.1, 0.15) is 0 Å². The second-order valence-electron chi connectivity index (χ2n) is 5.12. The Hall–Kier alpha value is -1.94. The van der Waals surface area contributed by atoms with E-state index in [0.29, 0.717) is 0 Å². The van der Waals surface area contributed by atoms with Gasteiger partial charge in [-0.25, -0.2) is 0 Å². The average Bonchev–Trinajstić information content (AvgIpc) is 2.64. The molecule has 0 aliphatic heterocycles. The van der Waals surface area contributed by atoms with Crippen molar-refractivity contribution in [3.8, 4) is 0 Å². The number of benzene rings is 3. The molecular weight excluding hydrogens is 316 g/mol. The van der Waals surface area contributed by atoms with Gasteiger partial charge >= 0.3 is 0 Å². The molecule has 0 fully saturated rings. The van der Waals surface area contributed by atoms with Crippen molar-refractivity contribution in [2.45, 2.75) is 0 Å². The first kappa shape index (κ1) is 15.9. The smallest absolute Gasteiger partial charge is 0.0579 e. The van der Waals surface area contributed by atoms with Crippen LogP contribution in [0.5, 0.6) is 0 Å². The van der Waals surface area contributed by atoms with Gasteiger partial charge < -0.3 is 4.44 Å². The quantitative estimate of drug-likeness (QED) is 0.595. The van der Waals surface area contributed by atoms with Gasteiger partial charge in [0, 0.05) is 16.3 Å². The second kappa shape index (κ2) is 7.55. The van der Waals surface area contributed by atoms with E-state index < -0.39 is 8.07 Å². The zero-order chi connectivity index (χ0) is 16.1. The molecule has 1 nitrogen and oxygen atoms in total. The summed E-state index contributed by atoms with van der Waals surface area (Å²) in [6, 6.07) is 29.8. The molecule has 0 amide bonds. The summed E-state index contributed by atoms with van der Waals surface area (Å²) in [5, 5.41) is 2.66. The van der Waals surface area contributed by atoms with Crippen molar-refractivity contribution in [1.29, 1.82) is 0 Å². The molecular formula is C20H19NP2. The largest absolute Gasteiger partial charge is 0.327 e. The third-order valence-electron chi connectivity index (χ3n) is 3.61. The Morgan fingerprint density at radius 2 is 1.22 bits per heavy atom. The van der Waals surface area contributed by atoms with Crippen LogP contribution in [0.4, 0.5) is 5.69 Å². The minimum absolute atomic E-state index is 0.632. The number of nitrogens with zero attached hydrogens (tertiary/aromatic N) is 1. The Morgan fingerprint density at radius 3 is 1.65 bits per heavy atom. The highest BCUT2D eigenvalue weighted by Gasteiger charge is 2.19. The van der Waals surface area contributed by atoms with E-state index in [1.54, 1.807) is 0 Å². The van der Waals surface area contributed by atoms with Gasteiger partial charge in [0.2, 0.25) is 0 Å². The van der Waals surface area contributed by atoms with Gasteiger partial charge in [-0.3, -0.25) is 0 Å². The summed E-state index contributed by atoms with van der Waals surface area (Å²) in [6.07, 6.45) is 1.87. The van der Waals surface area contributed by atoms with Crippen LogP contribution in [-0.2, 0) is 0 Å². The lowest BCUT2D eigenvalue weighted by Gasteiger charge is -2.30. The fourth-order valence-electron chi connectivity index (χ4n) is 2.41. The van der Waals surface area contributed by atoms with Crippen molar-refractivity contribution in [2.24, 2.45) is 0 Å². The standard InChI is InChI=1S/C20H19NP2/c1-2-17-13-15-18(16-14-17)21(22)23(19-9-5-3-6-10-19)20-11-7-4-8-12-20/h2-16H,1,22H2. The molecule has 3 rings (SSSR count). The van der Waals surface area contributed by atoms with Crippen LogP contribution >= 0.6 is 17.5 Å². The molecule has 3 heteroatoms. The molecule has 1 unspecified atom stereocenters. The van der Waals surface area contributed by atoms with Gasteiger partial charge in [-0.1, -0.05) is 85.5 Å². The van der Waals surface area contributed by atoms with E-state index in [2.05, 4.69) is 105 Å². The third kappa shape index (κ3) is 3.70. The Bertz CT molecular complexity index is 715. The minimum Gasteiger partial charge on any atom is -0.327 e. The molecule has 3 aromatic rings. The predicted octanol–water partition coefficient (Wildman–Crippen LogP) is 4.97. The highest BCUT2D eigenvalue weighted by atomic mass is 31.2. The van der Waals surface area contributed by atoms with Gasteiger partial charge in [0.15, 0.2) is 0 Å². The van der Waals surface area contributed by atoms with Crippen molar-refractivity contribution >= 4 is 39.8 Å². The average molecular weight is 335 g/mol. The number of hydrogen-bond donors (Lipinski definition) is 0. The van der Waals surface area contributed by atoms with Crippen molar-refractivity contribution in [1.82, 2.24) is 0 Å². The van der Waals surface area contributed by atoms with E-state index in [0.717, 1.165) is 5.56 Å². The van der Waals surface area contributed by atoms with Crippen molar-refractivity contribution in [2.75, 3.05) is 4.44 Å². The molecule has 1 atom stereocenters. The Kier molecular flexibility index (Phi) is 5.23. The van der Waals surface area contributed by atoms with E-state index in [9.17, 15) is 0 Å². The second-order valence-corrected chi connectivity index (χ2v) is 8.16. The first-order valence-corrected chi connectivity index (χ1v) is 9.28. The molecule has 0 bridgehead atoms. The SMILES string of the molecule is C=Cc1ccc(N(P)P(c2ccccc2)c2ccccc2)cc1. The van der Waals surface area contributed by atoms with Crippen LogP contribution in [0, 0.1) is 0 Å². The predicted molar refractivity (Wildman–Crippen MR) is 108 cm³/mol. The zero-order valence-electron chi connectivity index (χ0n) is 12.8. The maximum Gasteiger partial charge on any atom is 0.0579 e. The fraction of sp³-hybridized carbons (Fsp3) is 0. The molecule has 0 radical (unpaired) electrons. The summed E-state index contributed by atoms with van der Waals surface area (Å²) >= 11 is 0. The molecule has 0 spiro atoms. The summed E-state index contributed by atoms with van der Waals surface area (Å²) < 4.78 is 2.30. The first-order valence-electron chi connectivity index (χ1n) is 7.47. The minimum atomic E-state index is -0.632. The third-order valence-corrected chi connectivity index (χ3v) is 6.84. The monoisotopic (exact) mass is 335 g/mol. The van der Waals surface area contributed by atoms with Gasteiger partial charge in [-0.15, -0.1) is 0 Å². The normalized spacial score (nSPS) is 10.5. The molecule has 114 valence electrons.